The summed E-state index contributed by atoms with van der Waals surface area (Å²) in [4.78, 5) is 40.2. The maximum atomic E-state index is 12.6. The first-order valence-electron chi connectivity index (χ1n) is 7.58. The molecule has 0 spiro atoms. The van der Waals surface area contributed by atoms with Crippen molar-refractivity contribution in [1.29, 1.82) is 0 Å². The zero-order valence-corrected chi connectivity index (χ0v) is 15.8. The molecular weight excluding hydrogens is 398 g/mol. The minimum atomic E-state index is -0.407. The van der Waals surface area contributed by atoms with Gasteiger partial charge in [0.1, 0.15) is 6.54 Å². The second kappa shape index (κ2) is 7.21. The monoisotopic (exact) mass is 415 g/mol. The summed E-state index contributed by atoms with van der Waals surface area (Å²) in [6.07, 6.45) is 0. The molecule has 1 saturated heterocycles. The average molecular weight is 417 g/mol. The summed E-state index contributed by atoms with van der Waals surface area (Å²) in [6.45, 7) is 5.07. The van der Waals surface area contributed by atoms with Crippen molar-refractivity contribution < 1.29 is 14.4 Å². The van der Waals surface area contributed by atoms with Crippen molar-refractivity contribution in [1.82, 2.24) is 15.1 Å². The summed E-state index contributed by atoms with van der Waals surface area (Å²) in [7, 11) is 0. The Labute approximate surface area is 155 Å². The lowest BCUT2D eigenvalue weighted by Crippen LogP contribution is -2.59. The summed E-state index contributed by atoms with van der Waals surface area (Å²) in [6, 6.07) is 5.16. The Bertz CT molecular complexity index is 697. The Kier molecular flexibility index (Phi) is 5.67. The van der Waals surface area contributed by atoms with Crippen LogP contribution in [0.15, 0.2) is 22.7 Å². The van der Waals surface area contributed by atoms with Gasteiger partial charge in [-0.05, 0) is 32.0 Å². The van der Waals surface area contributed by atoms with Gasteiger partial charge >= 0.3 is 0 Å². The van der Waals surface area contributed by atoms with Crippen molar-refractivity contribution in [3.8, 4) is 0 Å². The van der Waals surface area contributed by atoms with Gasteiger partial charge in [-0.3, -0.25) is 19.3 Å². The van der Waals surface area contributed by atoms with Crippen LogP contribution in [0.25, 0.3) is 0 Å². The van der Waals surface area contributed by atoms with E-state index in [1.54, 1.807) is 23.1 Å². The molecule has 0 saturated carbocycles. The van der Waals surface area contributed by atoms with E-state index in [0.29, 0.717) is 24.2 Å². The van der Waals surface area contributed by atoms with Crippen molar-refractivity contribution in [3.05, 3.63) is 33.8 Å². The fourth-order valence-electron chi connectivity index (χ4n) is 3.04. The molecule has 1 N–H and O–H groups in total. The number of fused-ring (bicyclic) bond motifs is 1. The number of piperazine rings is 1. The van der Waals surface area contributed by atoms with E-state index in [2.05, 4.69) is 21.2 Å². The van der Waals surface area contributed by atoms with Crippen LogP contribution in [0.4, 0.5) is 0 Å². The largest absolute Gasteiger partial charge is 0.336 e. The molecule has 2 aliphatic heterocycles. The number of halogens is 2. The predicted molar refractivity (Wildman–Crippen MR) is 95.4 cm³/mol. The van der Waals surface area contributed by atoms with Crippen molar-refractivity contribution in [2.24, 2.45) is 0 Å². The minimum Gasteiger partial charge on any atom is -0.336 e. The lowest BCUT2D eigenvalue weighted by Gasteiger charge is -2.39. The highest BCUT2D eigenvalue weighted by molar-refractivity contribution is 9.10. The number of rotatable bonds is 2. The Morgan fingerprint density at radius 2 is 1.92 bits per heavy atom. The number of hydrogen-bond acceptors (Lipinski definition) is 4. The average Bonchev–Trinajstić information content (AvgIpc) is 2.74. The maximum Gasteiger partial charge on any atom is 0.262 e. The SMILES string of the molecule is CC1NCCN(C(=O)CN2C(=O)c3ccc(Br)cc3C2=O)C1C.Cl. The molecule has 2 heterocycles. The van der Waals surface area contributed by atoms with E-state index in [1.807, 2.05) is 13.8 Å². The van der Waals surface area contributed by atoms with Gasteiger partial charge in [0.25, 0.3) is 11.8 Å². The van der Waals surface area contributed by atoms with Crippen LogP contribution < -0.4 is 5.32 Å². The zero-order chi connectivity index (χ0) is 16.7. The Morgan fingerprint density at radius 3 is 2.62 bits per heavy atom. The first-order chi connectivity index (χ1) is 10.9. The van der Waals surface area contributed by atoms with Gasteiger partial charge in [-0.2, -0.15) is 0 Å². The molecule has 0 radical (unpaired) electrons. The molecule has 2 unspecified atom stereocenters. The molecule has 3 amide bonds. The second-order valence-electron chi connectivity index (χ2n) is 5.96. The summed E-state index contributed by atoms with van der Waals surface area (Å²) in [5, 5.41) is 3.30. The van der Waals surface area contributed by atoms with E-state index in [-0.39, 0.29) is 36.9 Å². The molecule has 8 heteroatoms. The summed E-state index contributed by atoms with van der Waals surface area (Å²) in [5.74, 6) is -1.00. The van der Waals surface area contributed by atoms with E-state index >= 15 is 0 Å². The van der Waals surface area contributed by atoms with E-state index < -0.39 is 11.8 Å². The van der Waals surface area contributed by atoms with Crippen LogP contribution in [0.1, 0.15) is 34.6 Å². The van der Waals surface area contributed by atoms with Crippen molar-refractivity contribution >= 4 is 46.1 Å². The lowest BCUT2D eigenvalue weighted by molar-refractivity contribution is -0.135. The molecule has 130 valence electrons. The molecule has 1 aromatic rings. The number of nitrogens with one attached hydrogen (secondary N) is 1. The van der Waals surface area contributed by atoms with Crippen LogP contribution in [0.3, 0.4) is 0 Å². The van der Waals surface area contributed by atoms with Crippen LogP contribution >= 0.6 is 28.3 Å². The van der Waals surface area contributed by atoms with Crippen molar-refractivity contribution in [2.75, 3.05) is 19.6 Å². The van der Waals surface area contributed by atoms with Gasteiger partial charge in [-0.1, -0.05) is 15.9 Å². The Morgan fingerprint density at radius 1 is 1.25 bits per heavy atom. The number of carbonyl (C=O) groups is 3. The topological polar surface area (TPSA) is 69.7 Å². The van der Waals surface area contributed by atoms with Gasteiger partial charge in [0, 0.05) is 29.6 Å². The summed E-state index contributed by atoms with van der Waals surface area (Å²) in [5.41, 5.74) is 0.701. The molecule has 24 heavy (non-hydrogen) atoms. The van der Waals surface area contributed by atoms with E-state index in [4.69, 9.17) is 0 Å². The third-order valence-corrected chi connectivity index (χ3v) is 5.07. The van der Waals surface area contributed by atoms with E-state index in [9.17, 15) is 14.4 Å². The summed E-state index contributed by atoms with van der Waals surface area (Å²) < 4.78 is 0.732. The molecule has 1 fully saturated rings. The number of benzene rings is 1. The quantitative estimate of drug-likeness (QED) is 0.745. The first kappa shape index (κ1) is 18.9. The molecule has 2 aliphatic rings. The van der Waals surface area contributed by atoms with Crippen LogP contribution in [0.2, 0.25) is 0 Å². The third-order valence-electron chi connectivity index (χ3n) is 4.58. The first-order valence-corrected chi connectivity index (χ1v) is 8.38. The highest BCUT2D eigenvalue weighted by Gasteiger charge is 2.38. The third kappa shape index (κ3) is 3.20. The van der Waals surface area contributed by atoms with Gasteiger partial charge in [0.05, 0.1) is 11.1 Å². The molecule has 1 aromatic carbocycles. The molecule has 6 nitrogen and oxygen atoms in total. The minimum absolute atomic E-state index is 0. The summed E-state index contributed by atoms with van der Waals surface area (Å²) >= 11 is 3.30. The maximum absolute atomic E-state index is 12.6. The van der Waals surface area contributed by atoms with Crippen LogP contribution in [-0.4, -0.2) is 59.2 Å². The van der Waals surface area contributed by atoms with Gasteiger partial charge in [0.15, 0.2) is 0 Å². The number of amides is 3. The standard InChI is InChI=1S/C16H18BrN3O3.ClH/c1-9-10(2)19(6-5-18-9)14(21)8-20-15(22)12-4-3-11(17)7-13(12)16(20)23;/h3-4,7,9-10,18H,5-6,8H2,1-2H3;1H. The van der Waals surface area contributed by atoms with Crippen LogP contribution in [0, 0.1) is 0 Å². The van der Waals surface area contributed by atoms with Gasteiger partial charge in [-0.25, -0.2) is 0 Å². The molecule has 0 aliphatic carbocycles. The molecule has 3 rings (SSSR count). The normalized spacial score (nSPS) is 23.1. The molecule has 2 atom stereocenters. The molecule has 0 bridgehead atoms. The van der Waals surface area contributed by atoms with Gasteiger partial charge in [-0.15, -0.1) is 12.4 Å². The van der Waals surface area contributed by atoms with E-state index in [1.165, 1.54) is 0 Å². The Hall–Kier alpha value is -1.44. The predicted octanol–water partition coefficient (Wildman–Crippen LogP) is 1.68. The van der Waals surface area contributed by atoms with Gasteiger partial charge in [0.2, 0.25) is 5.91 Å². The van der Waals surface area contributed by atoms with Crippen LogP contribution in [-0.2, 0) is 4.79 Å². The number of hydrogen-bond donors (Lipinski definition) is 1. The second-order valence-corrected chi connectivity index (χ2v) is 6.87. The van der Waals surface area contributed by atoms with Crippen molar-refractivity contribution in [2.45, 2.75) is 25.9 Å². The lowest BCUT2D eigenvalue weighted by atomic mass is 10.1. The zero-order valence-electron chi connectivity index (χ0n) is 13.4. The fraction of sp³-hybridized carbons (Fsp3) is 0.438. The highest BCUT2D eigenvalue weighted by Crippen LogP contribution is 2.26. The van der Waals surface area contributed by atoms with Gasteiger partial charge < -0.3 is 10.2 Å². The number of nitrogens with zero attached hydrogens (tertiary/aromatic N) is 2. The Balaban J connectivity index is 0.00000208. The number of imide groups is 1. The number of carbonyl (C=O) groups excluding carboxylic acids is 3. The smallest absolute Gasteiger partial charge is 0.262 e. The molecular formula is C16H19BrClN3O3. The molecule has 0 aromatic heterocycles. The highest BCUT2D eigenvalue weighted by atomic mass is 79.9. The fourth-order valence-corrected chi connectivity index (χ4v) is 3.40. The van der Waals surface area contributed by atoms with Crippen molar-refractivity contribution in [3.63, 3.8) is 0 Å². The van der Waals surface area contributed by atoms with E-state index in [0.717, 1.165) is 9.37 Å². The van der Waals surface area contributed by atoms with Crippen LogP contribution in [0.5, 0.6) is 0 Å².